The van der Waals surface area contributed by atoms with Gasteiger partial charge in [-0.15, -0.1) is 0 Å². The van der Waals surface area contributed by atoms with Crippen LogP contribution in [-0.4, -0.2) is 23.3 Å². The highest BCUT2D eigenvalue weighted by Gasteiger charge is 2.23. The zero-order chi connectivity index (χ0) is 16.8. The number of Topliss-reactive ketones (excluding diaryl/α,β-unsaturated/α-hetero) is 1. The lowest BCUT2D eigenvalue weighted by Gasteiger charge is -2.08. The third-order valence-corrected chi connectivity index (χ3v) is 3.43. The van der Waals surface area contributed by atoms with Gasteiger partial charge in [-0.1, -0.05) is 41.4 Å². The Bertz CT molecular complexity index is 751. The Morgan fingerprint density at radius 1 is 1.22 bits per heavy atom. The smallest absolute Gasteiger partial charge is 0.342 e. The molecule has 1 heterocycles. The molecule has 23 heavy (non-hydrogen) atoms. The van der Waals surface area contributed by atoms with E-state index < -0.39 is 11.8 Å². The highest BCUT2D eigenvalue weighted by Crippen LogP contribution is 2.19. The number of carbonyl (C=O) groups excluding carboxylic acids is 2. The van der Waals surface area contributed by atoms with Crippen molar-refractivity contribution >= 4 is 29.4 Å². The van der Waals surface area contributed by atoms with Gasteiger partial charge in [0.15, 0.2) is 0 Å². The van der Waals surface area contributed by atoms with Gasteiger partial charge in [0.1, 0.15) is 10.7 Å². The molecule has 0 amide bonds. The molecule has 1 aromatic carbocycles. The highest BCUT2D eigenvalue weighted by molar-refractivity contribution is 6.36. The summed E-state index contributed by atoms with van der Waals surface area (Å²) in [5.74, 6) is -1.19. The minimum atomic E-state index is -0.682. The molecule has 0 N–H and O–H groups in total. The third kappa shape index (κ3) is 4.27. The summed E-state index contributed by atoms with van der Waals surface area (Å²) < 4.78 is 4.99. The van der Waals surface area contributed by atoms with Crippen LogP contribution in [0.2, 0.25) is 5.15 Å². The average Bonchev–Trinajstić information content (AvgIpc) is 2.54. The van der Waals surface area contributed by atoms with Crippen LogP contribution in [-0.2, 0) is 9.53 Å². The maximum absolute atomic E-state index is 12.7. The normalized spacial score (nSPS) is 11.2. The second-order valence-electron chi connectivity index (χ2n) is 4.86. The standard InChI is InChI=1S/C18H16ClNO3/c1-3-23-18(22)15(11-13-8-6-12(2)7-9-13)16(21)14-5-4-10-20-17(14)19/h4-11H,3H2,1-2H3. The van der Waals surface area contributed by atoms with Crippen LogP contribution in [0, 0.1) is 6.92 Å². The van der Waals surface area contributed by atoms with Gasteiger partial charge in [0.2, 0.25) is 5.78 Å². The van der Waals surface area contributed by atoms with Gasteiger partial charge >= 0.3 is 5.97 Å². The van der Waals surface area contributed by atoms with E-state index in [-0.39, 0.29) is 22.9 Å². The van der Waals surface area contributed by atoms with Crippen LogP contribution in [0.15, 0.2) is 48.2 Å². The van der Waals surface area contributed by atoms with Gasteiger partial charge < -0.3 is 4.74 Å². The molecule has 118 valence electrons. The molecule has 5 heteroatoms. The Morgan fingerprint density at radius 2 is 1.91 bits per heavy atom. The summed E-state index contributed by atoms with van der Waals surface area (Å²) in [6.45, 7) is 3.82. The van der Waals surface area contributed by atoms with Crippen molar-refractivity contribution in [2.24, 2.45) is 0 Å². The number of halogens is 1. The molecule has 2 aromatic rings. The number of ether oxygens (including phenoxy) is 1. The Labute approximate surface area is 139 Å². The SMILES string of the molecule is CCOC(=O)C(=Cc1ccc(C)cc1)C(=O)c1cccnc1Cl. The Balaban J connectivity index is 2.46. The second-order valence-corrected chi connectivity index (χ2v) is 5.22. The lowest BCUT2D eigenvalue weighted by molar-refractivity contribution is -0.137. The van der Waals surface area contributed by atoms with Crippen molar-refractivity contribution in [3.05, 3.63) is 70.0 Å². The number of esters is 1. The fourth-order valence-corrected chi connectivity index (χ4v) is 2.16. The van der Waals surface area contributed by atoms with Gasteiger partial charge in [-0.3, -0.25) is 4.79 Å². The fourth-order valence-electron chi connectivity index (χ4n) is 1.96. The predicted octanol–water partition coefficient (Wildman–Crippen LogP) is 3.87. The molecule has 0 fully saturated rings. The summed E-state index contributed by atoms with van der Waals surface area (Å²) >= 11 is 5.96. The van der Waals surface area contributed by atoms with Crippen molar-refractivity contribution in [3.8, 4) is 0 Å². The van der Waals surface area contributed by atoms with Gasteiger partial charge in [0.05, 0.1) is 12.2 Å². The highest BCUT2D eigenvalue weighted by atomic mass is 35.5. The van der Waals surface area contributed by atoms with Crippen LogP contribution in [0.3, 0.4) is 0 Å². The average molecular weight is 330 g/mol. The minimum Gasteiger partial charge on any atom is -0.462 e. The Morgan fingerprint density at radius 3 is 2.52 bits per heavy atom. The second kappa shape index (κ2) is 7.70. The van der Waals surface area contributed by atoms with Gasteiger partial charge in [0.25, 0.3) is 0 Å². The predicted molar refractivity (Wildman–Crippen MR) is 89.4 cm³/mol. The molecule has 0 aliphatic rings. The number of rotatable bonds is 5. The monoisotopic (exact) mass is 329 g/mol. The maximum Gasteiger partial charge on any atom is 0.342 e. The van der Waals surface area contributed by atoms with Gasteiger partial charge in [-0.05, 0) is 37.6 Å². The van der Waals surface area contributed by atoms with E-state index in [1.807, 2.05) is 31.2 Å². The van der Waals surface area contributed by atoms with E-state index in [1.165, 1.54) is 18.3 Å². The molecular formula is C18H16ClNO3. The molecule has 0 saturated carbocycles. The molecule has 0 unspecified atom stereocenters. The zero-order valence-corrected chi connectivity index (χ0v) is 13.6. The van der Waals surface area contributed by atoms with E-state index in [9.17, 15) is 9.59 Å². The molecule has 2 rings (SSSR count). The molecule has 4 nitrogen and oxygen atoms in total. The number of benzene rings is 1. The third-order valence-electron chi connectivity index (χ3n) is 3.13. The Hall–Kier alpha value is -2.46. The molecule has 0 aliphatic heterocycles. The maximum atomic E-state index is 12.7. The molecule has 0 spiro atoms. The van der Waals surface area contributed by atoms with Crippen LogP contribution in [0.4, 0.5) is 0 Å². The summed E-state index contributed by atoms with van der Waals surface area (Å²) in [4.78, 5) is 28.7. The van der Waals surface area contributed by atoms with Crippen molar-refractivity contribution in [2.45, 2.75) is 13.8 Å². The summed E-state index contributed by atoms with van der Waals surface area (Å²) in [5, 5.41) is 0.0524. The number of hydrogen-bond acceptors (Lipinski definition) is 4. The lowest BCUT2D eigenvalue weighted by Crippen LogP contribution is -2.16. The number of nitrogens with zero attached hydrogens (tertiary/aromatic N) is 1. The molecular weight excluding hydrogens is 314 g/mol. The van der Waals surface area contributed by atoms with Crippen LogP contribution in [0.25, 0.3) is 6.08 Å². The van der Waals surface area contributed by atoms with Gasteiger partial charge in [0, 0.05) is 6.20 Å². The first kappa shape index (κ1) is 16.9. The van der Waals surface area contributed by atoms with E-state index in [0.29, 0.717) is 0 Å². The van der Waals surface area contributed by atoms with E-state index in [0.717, 1.165) is 11.1 Å². The van der Waals surface area contributed by atoms with Crippen molar-refractivity contribution in [1.29, 1.82) is 0 Å². The molecule has 0 aliphatic carbocycles. The molecule has 0 saturated heterocycles. The van der Waals surface area contributed by atoms with Crippen LogP contribution in [0.1, 0.15) is 28.4 Å². The van der Waals surface area contributed by atoms with Crippen molar-refractivity contribution in [3.63, 3.8) is 0 Å². The first-order valence-corrected chi connectivity index (χ1v) is 7.51. The van der Waals surface area contributed by atoms with E-state index >= 15 is 0 Å². The van der Waals surface area contributed by atoms with E-state index in [1.54, 1.807) is 13.0 Å². The molecule has 0 radical (unpaired) electrons. The largest absolute Gasteiger partial charge is 0.462 e. The number of aryl methyl sites for hydroxylation is 1. The summed E-state index contributed by atoms with van der Waals surface area (Å²) in [7, 11) is 0. The molecule has 0 atom stereocenters. The molecule has 1 aromatic heterocycles. The van der Waals surface area contributed by atoms with Crippen LogP contribution >= 0.6 is 11.6 Å². The molecule has 0 bridgehead atoms. The van der Waals surface area contributed by atoms with Gasteiger partial charge in [-0.25, -0.2) is 9.78 Å². The topological polar surface area (TPSA) is 56.3 Å². The lowest BCUT2D eigenvalue weighted by atomic mass is 10.0. The number of pyridine rings is 1. The van der Waals surface area contributed by atoms with Crippen molar-refractivity contribution in [2.75, 3.05) is 6.61 Å². The zero-order valence-electron chi connectivity index (χ0n) is 12.9. The van der Waals surface area contributed by atoms with Crippen LogP contribution in [0.5, 0.6) is 0 Å². The van der Waals surface area contributed by atoms with Crippen LogP contribution < -0.4 is 0 Å². The number of aromatic nitrogens is 1. The number of carbonyl (C=O) groups is 2. The first-order chi connectivity index (χ1) is 11.0. The van der Waals surface area contributed by atoms with Gasteiger partial charge in [-0.2, -0.15) is 0 Å². The number of hydrogen-bond donors (Lipinski definition) is 0. The van der Waals surface area contributed by atoms with Crippen molar-refractivity contribution in [1.82, 2.24) is 4.98 Å². The van der Waals surface area contributed by atoms with E-state index in [4.69, 9.17) is 16.3 Å². The summed E-state index contributed by atoms with van der Waals surface area (Å²) in [6, 6.07) is 10.6. The first-order valence-electron chi connectivity index (χ1n) is 7.13. The number of ketones is 1. The Kier molecular flexibility index (Phi) is 5.66. The fraction of sp³-hybridized carbons (Fsp3) is 0.167. The quantitative estimate of drug-likeness (QED) is 0.209. The summed E-state index contributed by atoms with van der Waals surface area (Å²) in [5.41, 5.74) is 1.90. The minimum absolute atomic E-state index is 0.0524. The van der Waals surface area contributed by atoms with Crippen molar-refractivity contribution < 1.29 is 14.3 Å². The van der Waals surface area contributed by atoms with E-state index in [2.05, 4.69) is 4.98 Å². The summed E-state index contributed by atoms with van der Waals surface area (Å²) in [6.07, 6.45) is 2.98.